The second-order valence-corrected chi connectivity index (χ2v) is 3.66. The first-order chi connectivity index (χ1) is 8.40. The highest BCUT2D eigenvalue weighted by atomic mass is 19.4. The Morgan fingerprint density at radius 1 is 1.39 bits per heavy atom. The number of hydrogen-bond acceptors (Lipinski definition) is 3. The van der Waals surface area contributed by atoms with Gasteiger partial charge in [-0.05, 0) is 25.1 Å². The van der Waals surface area contributed by atoms with E-state index in [4.69, 9.17) is 5.21 Å². The van der Waals surface area contributed by atoms with E-state index in [0.717, 1.165) is 6.21 Å². The SMILES string of the molecule is Cc1[nH]c2ccc(OC(F)(F)F)cc2c1/C=N\O. The second-order valence-electron chi connectivity index (χ2n) is 3.66. The van der Waals surface area contributed by atoms with Crippen LogP contribution in [0.2, 0.25) is 0 Å². The molecule has 0 radical (unpaired) electrons. The topological polar surface area (TPSA) is 57.6 Å². The molecular formula is C11H9F3N2O2. The Labute approximate surface area is 99.7 Å². The number of aryl methyl sites for hydroxylation is 1. The van der Waals surface area contributed by atoms with Crippen molar-refractivity contribution >= 4 is 17.1 Å². The number of nitrogens with zero attached hydrogens (tertiary/aromatic N) is 1. The number of nitrogens with one attached hydrogen (secondary N) is 1. The lowest BCUT2D eigenvalue weighted by molar-refractivity contribution is -0.274. The summed E-state index contributed by atoms with van der Waals surface area (Å²) in [7, 11) is 0. The first-order valence-electron chi connectivity index (χ1n) is 4.96. The van der Waals surface area contributed by atoms with Crippen LogP contribution in [0, 0.1) is 6.92 Å². The van der Waals surface area contributed by atoms with Crippen LogP contribution in [-0.4, -0.2) is 22.8 Å². The fraction of sp³-hybridized carbons (Fsp3) is 0.182. The molecule has 0 aliphatic rings. The van der Waals surface area contributed by atoms with Gasteiger partial charge in [0, 0.05) is 22.2 Å². The van der Waals surface area contributed by atoms with Crippen LogP contribution in [0.1, 0.15) is 11.3 Å². The zero-order valence-electron chi connectivity index (χ0n) is 9.25. The first-order valence-corrected chi connectivity index (χ1v) is 4.96. The number of oxime groups is 1. The van der Waals surface area contributed by atoms with Crippen molar-refractivity contribution in [2.75, 3.05) is 0 Å². The van der Waals surface area contributed by atoms with Gasteiger partial charge in [-0.25, -0.2) is 0 Å². The Balaban J connectivity index is 2.52. The maximum Gasteiger partial charge on any atom is 0.573 e. The van der Waals surface area contributed by atoms with Gasteiger partial charge in [-0.3, -0.25) is 0 Å². The average molecular weight is 258 g/mol. The molecule has 18 heavy (non-hydrogen) atoms. The van der Waals surface area contributed by atoms with E-state index < -0.39 is 6.36 Å². The van der Waals surface area contributed by atoms with E-state index in [1.165, 1.54) is 18.2 Å². The number of aromatic nitrogens is 1. The summed E-state index contributed by atoms with van der Waals surface area (Å²) in [6.07, 6.45) is -3.57. The third-order valence-corrected chi connectivity index (χ3v) is 2.43. The number of rotatable bonds is 2. The highest BCUT2D eigenvalue weighted by Gasteiger charge is 2.31. The number of fused-ring (bicyclic) bond motifs is 1. The molecule has 0 aliphatic heterocycles. The summed E-state index contributed by atoms with van der Waals surface area (Å²) in [5, 5.41) is 11.9. The smallest absolute Gasteiger partial charge is 0.411 e. The third-order valence-electron chi connectivity index (χ3n) is 2.43. The molecule has 2 aromatic rings. The van der Waals surface area contributed by atoms with Gasteiger partial charge < -0.3 is 14.9 Å². The van der Waals surface area contributed by atoms with Crippen molar-refractivity contribution in [1.29, 1.82) is 0 Å². The predicted octanol–water partition coefficient (Wildman–Crippen LogP) is 3.18. The molecule has 96 valence electrons. The number of H-pyrrole nitrogens is 1. The van der Waals surface area contributed by atoms with Crippen molar-refractivity contribution in [3.05, 3.63) is 29.5 Å². The maximum absolute atomic E-state index is 12.1. The van der Waals surface area contributed by atoms with Gasteiger partial charge in [-0.1, -0.05) is 5.16 Å². The number of halogens is 3. The van der Waals surface area contributed by atoms with Gasteiger partial charge in [0.1, 0.15) is 5.75 Å². The molecule has 0 fully saturated rings. The van der Waals surface area contributed by atoms with Crippen LogP contribution >= 0.6 is 0 Å². The molecule has 0 saturated carbocycles. The molecule has 1 heterocycles. The zero-order chi connectivity index (χ0) is 13.3. The maximum atomic E-state index is 12.1. The van der Waals surface area contributed by atoms with Gasteiger partial charge in [-0.15, -0.1) is 13.2 Å². The van der Waals surface area contributed by atoms with Crippen LogP contribution < -0.4 is 4.74 Å². The monoisotopic (exact) mass is 258 g/mol. The average Bonchev–Trinajstić information content (AvgIpc) is 2.54. The summed E-state index contributed by atoms with van der Waals surface area (Å²) < 4.78 is 40.1. The summed E-state index contributed by atoms with van der Waals surface area (Å²) in [6.45, 7) is 1.72. The summed E-state index contributed by atoms with van der Waals surface area (Å²) in [5.41, 5.74) is 1.84. The molecule has 0 saturated heterocycles. The van der Waals surface area contributed by atoms with Crippen LogP contribution in [0.25, 0.3) is 10.9 Å². The van der Waals surface area contributed by atoms with Gasteiger partial charge in [0.15, 0.2) is 0 Å². The lowest BCUT2D eigenvalue weighted by Gasteiger charge is -2.08. The standard InChI is InChI=1S/C11H9F3N2O2/c1-6-9(5-15-17)8-4-7(18-11(12,13)14)2-3-10(8)16-6/h2-5,16-17H,1H3/b15-5-. The van der Waals surface area contributed by atoms with E-state index in [0.29, 0.717) is 22.2 Å². The molecule has 1 aromatic heterocycles. The number of benzene rings is 1. The molecule has 0 unspecified atom stereocenters. The minimum atomic E-state index is -4.73. The number of alkyl halides is 3. The Bertz CT molecular complexity index is 602. The third kappa shape index (κ3) is 2.39. The first kappa shape index (κ1) is 12.3. The Kier molecular flexibility index (Phi) is 2.90. The quantitative estimate of drug-likeness (QED) is 0.493. The lowest BCUT2D eigenvalue weighted by Crippen LogP contribution is -2.16. The molecule has 0 amide bonds. The Morgan fingerprint density at radius 3 is 2.72 bits per heavy atom. The summed E-state index contributed by atoms with van der Waals surface area (Å²) in [6, 6.07) is 3.92. The van der Waals surface area contributed by atoms with Crippen LogP contribution in [0.3, 0.4) is 0 Å². The fourth-order valence-corrected chi connectivity index (χ4v) is 1.75. The van der Waals surface area contributed by atoms with Crippen LogP contribution in [0.4, 0.5) is 13.2 Å². The molecule has 0 aliphatic carbocycles. The normalized spacial score (nSPS) is 12.4. The van der Waals surface area contributed by atoms with Gasteiger partial charge in [-0.2, -0.15) is 0 Å². The number of hydrogen-bond donors (Lipinski definition) is 2. The van der Waals surface area contributed by atoms with Crippen LogP contribution in [-0.2, 0) is 0 Å². The molecule has 0 bridgehead atoms. The van der Waals surface area contributed by atoms with Crippen molar-refractivity contribution in [2.45, 2.75) is 13.3 Å². The van der Waals surface area contributed by atoms with E-state index in [-0.39, 0.29) is 5.75 Å². The van der Waals surface area contributed by atoms with E-state index in [2.05, 4.69) is 14.9 Å². The summed E-state index contributed by atoms with van der Waals surface area (Å²) in [4.78, 5) is 2.96. The van der Waals surface area contributed by atoms with E-state index in [1.807, 2.05) is 0 Å². The van der Waals surface area contributed by atoms with Gasteiger partial charge in [0.25, 0.3) is 0 Å². The second kappa shape index (κ2) is 4.25. The molecule has 2 N–H and O–H groups in total. The highest BCUT2D eigenvalue weighted by Crippen LogP contribution is 2.28. The van der Waals surface area contributed by atoms with Crippen LogP contribution in [0.5, 0.6) is 5.75 Å². The van der Waals surface area contributed by atoms with Crippen molar-refractivity contribution < 1.29 is 23.1 Å². The highest BCUT2D eigenvalue weighted by molar-refractivity contribution is 6.01. The fourth-order valence-electron chi connectivity index (χ4n) is 1.75. The Hall–Kier alpha value is -2.18. The minimum Gasteiger partial charge on any atom is -0.411 e. The minimum absolute atomic E-state index is 0.318. The van der Waals surface area contributed by atoms with E-state index in [1.54, 1.807) is 6.92 Å². The molecule has 0 spiro atoms. The summed E-state index contributed by atoms with van der Waals surface area (Å²) >= 11 is 0. The number of aromatic amines is 1. The van der Waals surface area contributed by atoms with Crippen molar-refractivity contribution in [3.8, 4) is 5.75 Å². The van der Waals surface area contributed by atoms with Gasteiger partial charge >= 0.3 is 6.36 Å². The van der Waals surface area contributed by atoms with E-state index in [9.17, 15) is 13.2 Å². The molecule has 7 heteroatoms. The number of ether oxygens (including phenoxy) is 1. The van der Waals surface area contributed by atoms with Crippen LogP contribution in [0.15, 0.2) is 23.4 Å². The van der Waals surface area contributed by atoms with Crippen molar-refractivity contribution in [3.63, 3.8) is 0 Å². The predicted molar refractivity (Wildman–Crippen MR) is 59.1 cm³/mol. The van der Waals surface area contributed by atoms with Gasteiger partial charge in [0.2, 0.25) is 0 Å². The Morgan fingerprint density at radius 2 is 2.11 bits per heavy atom. The lowest BCUT2D eigenvalue weighted by atomic mass is 10.1. The molecule has 0 atom stereocenters. The molecule has 2 rings (SSSR count). The molecule has 4 nitrogen and oxygen atoms in total. The van der Waals surface area contributed by atoms with Crippen molar-refractivity contribution in [2.24, 2.45) is 5.16 Å². The molecular weight excluding hydrogens is 249 g/mol. The van der Waals surface area contributed by atoms with Crippen molar-refractivity contribution in [1.82, 2.24) is 4.98 Å². The van der Waals surface area contributed by atoms with E-state index >= 15 is 0 Å². The van der Waals surface area contributed by atoms with Gasteiger partial charge in [0.05, 0.1) is 6.21 Å². The molecule has 1 aromatic carbocycles. The summed E-state index contributed by atoms with van der Waals surface area (Å²) in [5.74, 6) is -0.318. The largest absolute Gasteiger partial charge is 0.573 e. The zero-order valence-corrected chi connectivity index (χ0v) is 9.25.